The highest BCUT2D eigenvalue weighted by atomic mass is 16.7. The molecule has 0 aromatic heterocycles. The molecule has 2 aromatic carbocycles. The number of hydrogen-bond acceptors (Lipinski definition) is 3. The monoisotopic (exact) mass is 406 g/mol. The Kier molecular flexibility index (Phi) is 6.17. The smallest absolute Gasteiger partial charge is 0.423 e. The molecular weight excluding hydrogens is 372 g/mol. The first-order valence-electron chi connectivity index (χ1n) is 11.7. The summed E-state index contributed by atoms with van der Waals surface area (Å²) in [6.45, 7) is 4.38. The van der Waals surface area contributed by atoms with Gasteiger partial charge in [-0.3, -0.25) is 0 Å². The summed E-state index contributed by atoms with van der Waals surface area (Å²) >= 11 is 0. The molecule has 0 amide bonds. The van der Waals surface area contributed by atoms with Gasteiger partial charge in [0.05, 0.1) is 0 Å². The third-order valence-corrected chi connectivity index (χ3v) is 6.92. The summed E-state index contributed by atoms with van der Waals surface area (Å²) < 4.78 is 12.0. The first-order valence-corrected chi connectivity index (χ1v) is 11.7. The van der Waals surface area contributed by atoms with Crippen LogP contribution in [0.4, 0.5) is 4.79 Å². The molecule has 0 atom stereocenters. The fourth-order valence-electron chi connectivity index (χ4n) is 4.76. The molecule has 2 fully saturated rings. The Hall–Kier alpha value is -2.29. The van der Waals surface area contributed by atoms with Crippen LogP contribution >= 0.6 is 0 Å². The highest BCUT2D eigenvalue weighted by Crippen LogP contribution is 2.48. The maximum Gasteiger partial charge on any atom is 0.510 e. The van der Waals surface area contributed by atoms with E-state index in [0.717, 1.165) is 75.3 Å². The Morgan fingerprint density at radius 2 is 1.07 bits per heavy atom. The third-order valence-electron chi connectivity index (χ3n) is 6.92. The van der Waals surface area contributed by atoms with E-state index in [9.17, 15) is 4.79 Å². The van der Waals surface area contributed by atoms with Crippen LogP contribution in [0, 0.1) is 0 Å². The van der Waals surface area contributed by atoms with Gasteiger partial charge >= 0.3 is 6.16 Å². The number of rotatable bonds is 8. The first-order chi connectivity index (χ1) is 14.6. The van der Waals surface area contributed by atoms with Crippen LogP contribution in [0.2, 0.25) is 0 Å². The average Bonchev–Trinajstić information content (AvgIpc) is 2.70. The summed E-state index contributed by atoms with van der Waals surface area (Å²) in [6.07, 6.45) is 9.53. The fourth-order valence-corrected chi connectivity index (χ4v) is 4.76. The first kappa shape index (κ1) is 21.0. The number of carbonyl (C=O) groups excluding carboxylic acids is 1. The predicted molar refractivity (Wildman–Crippen MR) is 119 cm³/mol. The van der Waals surface area contributed by atoms with Crippen molar-refractivity contribution >= 4 is 6.16 Å². The molecule has 0 unspecified atom stereocenters. The van der Waals surface area contributed by atoms with E-state index in [1.165, 1.54) is 11.1 Å². The maximum atomic E-state index is 12.9. The molecule has 160 valence electrons. The zero-order chi connectivity index (χ0) is 21.0. The summed E-state index contributed by atoms with van der Waals surface area (Å²) in [5.41, 5.74) is 3.82. The molecule has 0 spiro atoms. The van der Waals surface area contributed by atoms with Crippen molar-refractivity contribution in [2.75, 3.05) is 0 Å². The number of hydrogen-bond donors (Lipinski definition) is 0. The maximum absolute atomic E-state index is 12.9. The van der Waals surface area contributed by atoms with Gasteiger partial charge in [-0.15, -0.1) is 0 Å². The lowest BCUT2D eigenvalue weighted by molar-refractivity contribution is -0.135. The van der Waals surface area contributed by atoms with E-state index in [0.29, 0.717) is 0 Å². The van der Waals surface area contributed by atoms with E-state index < -0.39 is 17.4 Å². The van der Waals surface area contributed by atoms with Crippen LogP contribution in [0.25, 0.3) is 0 Å². The minimum absolute atomic E-state index is 0.516. The van der Waals surface area contributed by atoms with Gasteiger partial charge in [-0.1, -0.05) is 75.2 Å². The Labute approximate surface area is 180 Å². The lowest BCUT2D eigenvalue weighted by Crippen LogP contribution is -2.44. The quantitative estimate of drug-likeness (QED) is 0.435. The Bertz CT molecular complexity index is 771. The molecule has 3 heteroatoms. The summed E-state index contributed by atoms with van der Waals surface area (Å²) in [7, 11) is 0. The molecule has 0 saturated heterocycles. The van der Waals surface area contributed by atoms with Gasteiger partial charge in [0, 0.05) is 0 Å². The van der Waals surface area contributed by atoms with E-state index in [1.54, 1.807) is 0 Å². The average molecular weight is 407 g/mol. The van der Waals surface area contributed by atoms with Crippen molar-refractivity contribution in [3.8, 4) is 0 Å². The van der Waals surface area contributed by atoms with E-state index >= 15 is 0 Å². The van der Waals surface area contributed by atoms with Crippen LogP contribution in [-0.4, -0.2) is 6.16 Å². The van der Waals surface area contributed by atoms with E-state index in [1.807, 2.05) is 0 Å². The molecule has 3 nitrogen and oxygen atoms in total. The van der Waals surface area contributed by atoms with Gasteiger partial charge < -0.3 is 9.47 Å². The molecule has 0 radical (unpaired) electrons. The number of benzene rings is 2. The molecule has 2 aliphatic carbocycles. The van der Waals surface area contributed by atoms with Gasteiger partial charge in [0.1, 0.15) is 11.2 Å². The number of carbonyl (C=O) groups is 1. The van der Waals surface area contributed by atoms with Crippen LogP contribution in [-0.2, 0) is 33.5 Å². The minimum Gasteiger partial charge on any atom is -0.423 e. The molecule has 30 heavy (non-hydrogen) atoms. The minimum atomic E-state index is -0.523. The molecule has 0 bridgehead atoms. The van der Waals surface area contributed by atoms with Crippen LogP contribution in [0.5, 0.6) is 0 Å². The SMILES string of the molecule is CCCc1ccc(C2(OC(=O)OC3(c4ccc(CCC)cc4)CCC3)CCC2)cc1. The fraction of sp³-hybridized carbons (Fsp3) is 0.519. The largest absolute Gasteiger partial charge is 0.510 e. The van der Waals surface area contributed by atoms with Crippen molar-refractivity contribution in [1.29, 1.82) is 0 Å². The van der Waals surface area contributed by atoms with Gasteiger partial charge in [-0.25, -0.2) is 4.79 Å². The highest BCUT2D eigenvalue weighted by Gasteiger charge is 2.47. The second-order valence-corrected chi connectivity index (χ2v) is 9.04. The van der Waals surface area contributed by atoms with E-state index in [2.05, 4.69) is 62.4 Å². The Morgan fingerprint density at radius 1 is 0.700 bits per heavy atom. The van der Waals surface area contributed by atoms with E-state index in [-0.39, 0.29) is 0 Å². The van der Waals surface area contributed by atoms with Gasteiger partial charge in [0.2, 0.25) is 0 Å². The molecule has 2 aromatic rings. The summed E-state index contributed by atoms with van der Waals surface area (Å²) in [5, 5.41) is 0. The van der Waals surface area contributed by atoms with Crippen molar-refractivity contribution in [1.82, 2.24) is 0 Å². The zero-order valence-electron chi connectivity index (χ0n) is 18.4. The van der Waals surface area contributed by atoms with Crippen molar-refractivity contribution in [2.45, 2.75) is 89.3 Å². The lowest BCUT2D eigenvalue weighted by atomic mass is 9.74. The highest BCUT2D eigenvalue weighted by molar-refractivity contribution is 5.62. The second-order valence-electron chi connectivity index (χ2n) is 9.04. The van der Waals surface area contributed by atoms with Gasteiger partial charge in [-0.2, -0.15) is 0 Å². The summed E-state index contributed by atoms with van der Waals surface area (Å²) in [6, 6.07) is 17.2. The third kappa shape index (κ3) is 4.12. The van der Waals surface area contributed by atoms with Crippen LogP contribution in [0.15, 0.2) is 48.5 Å². The lowest BCUT2D eigenvalue weighted by Gasteiger charge is -2.44. The molecule has 0 aliphatic heterocycles. The molecule has 0 heterocycles. The van der Waals surface area contributed by atoms with E-state index in [4.69, 9.17) is 9.47 Å². The zero-order valence-corrected chi connectivity index (χ0v) is 18.4. The van der Waals surface area contributed by atoms with Gasteiger partial charge in [0.25, 0.3) is 0 Å². The van der Waals surface area contributed by atoms with Crippen LogP contribution < -0.4 is 0 Å². The molecular formula is C27H34O3. The van der Waals surface area contributed by atoms with Crippen LogP contribution in [0.3, 0.4) is 0 Å². The molecule has 2 aliphatic rings. The number of ether oxygens (including phenoxy) is 2. The van der Waals surface area contributed by atoms with Crippen molar-refractivity contribution in [2.24, 2.45) is 0 Å². The number of aryl methyl sites for hydroxylation is 2. The van der Waals surface area contributed by atoms with Gasteiger partial charge in [-0.05, 0) is 73.6 Å². The van der Waals surface area contributed by atoms with Crippen molar-refractivity contribution in [3.63, 3.8) is 0 Å². The van der Waals surface area contributed by atoms with Crippen molar-refractivity contribution in [3.05, 3.63) is 70.8 Å². The summed E-state index contributed by atoms with van der Waals surface area (Å²) in [5.74, 6) is 0. The Morgan fingerprint density at radius 3 is 1.33 bits per heavy atom. The topological polar surface area (TPSA) is 35.5 Å². The molecule has 0 N–H and O–H groups in total. The normalized spacial score (nSPS) is 18.7. The molecule has 4 rings (SSSR count). The standard InChI is InChI=1S/C27H34O3/c1-3-7-21-9-13-23(14-10-21)26(17-5-18-26)29-25(28)30-27(19-6-20-27)24-15-11-22(8-4-2)12-16-24/h9-16H,3-8,17-20H2,1-2H3. The Balaban J connectivity index is 1.45. The van der Waals surface area contributed by atoms with Crippen molar-refractivity contribution < 1.29 is 14.3 Å². The summed E-state index contributed by atoms with van der Waals surface area (Å²) in [4.78, 5) is 12.9. The second kappa shape index (κ2) is 8.83. The van der Waals surface area contributed by atoms with Crippen LogP contribution in [0.1, 0.15) is 87.5 Å². The molecule has 2 saturated carbocycles. The van der Waals surface area contributed by atoms with Gasteiger partial charge in [0.15, 0.2) is 0 Å². The predicted octanol–water partition coefficient (Wildman–Crippen LogP) is 7.20.